The number of thioether (sulfide) groups is 1. The van der Waals surface area contributed by atoms with E-state index in [1.807, 2.05) is 0 Å². The lowest BCUT2D eigenvalue weighted by molar-refractivity contribution is -0.120. The van der Waals surface area contributed by atoms with E-state index < -0.39 is 0 Å². The van der Waals surface area contributed by atoms with E-state index in [9.17, 15) is 9.18 Å². The molecule has 1 aromatic heterocycles. The molecule has 8 heteroatoms. The standard InChI is InChI=1S/C16H21FN4OS2/c1-10(2)8-19-15-20-21-16(24-15)23-11(3)14(22)18-9-12-6-4-5-7-13(12)17/h4-7,10-11H,8-9H2,1-3H3,(H,18,22)(H,19,20). The number of aromatic nitrogens is 2. The molecule has 0 aliphatic carbocycles. The Bertz CT molecular complexity index is 678. The van der Waals surface area contributed by atoms with Gasteiger partial charge in [-0.1, -0.05) is 55.1 Å². The Hall–Kier alpha value is -1.67. The van der Waals surface area contributed by atoms with Gasteiger partial charge >= 0.3 is 0 Å². The van der Waals surface area contributed by atoms with Gasteiger partial charge in [-0.25, -0.2) is 4.39 Å². The molecule has 0 aliphatic rings. The molecule has 0 bridgehead atoms. The number of carbonyl (C=O) groups excluding carboxylic acids is 1. The third-order valence-electron chi connectivity index (χ3n) is 3.13. The maximum atomic E-state index is 13.5. The molecule has 0 radical (unpaired) electrons. The van der Waals surface area contributed by atoms with Crippen molar-refractivity contribution in [3.8, 4) is 0 Å². The Morgan fingerprint density at radius 2 is 2.04 bits per heavy atom. The maximum Gasteiger partial charge on any atom is 0.233 e. The number of hydrogen-bond acceptors (Lipinski definition) is 6. The molecular weight excluding hydrogens is 347 g/mol. The topological polar surface area (TPSA) is 66.9 Å². The highest BCUT2D eigenvalue weighted by atomic mass is 32.2. The smallest absolute Gasteiger partial charge is 0.233 e. The van der Waals surface area contributed by atoms with Crippen molar-refractivity contribution in [3.05, 3.63) is 35.6 Å². The number of anilines is 1. The Kier molecular flexibility index (Phi) is 6.99. The maximum absolute atomic E-state index is 13.5. The summed E-state index contributed by atoms with van der Waals surface area (Å²) in [6.45, 7) is 7.03. The number of carbonyl (C=O) groups is 1. The van der Waals surface area contributed by atoms with Gasteiger partial charge in [-0.05, 0) is 18.9 Å². The Labute approximate surface area is 149 Å². The fraction of sp³-hybridized carbons (Fsp3) is 0.438. The van der Waals surface area contributed by atoms with Crippen LogP contribution in [0.3, 0.4) is 0 Å². The van der Waals surface area contributed by atoms with Gasteiger partial charge in [0.25, 0.3) is 0 Å². The van der Waals surface area contributed by atoms with E-state index in [2.05, 4.69) is 34.7 Å². The van der Waals surface area contributed by atoms with Crippen LogP contribution in [0.1, 0.15) is 26.3 Å². The van der Waals surface area contributed by atoms with Crippen molar-refractivity contribution in [2.75, 3.05) is 11.9 Å². The first-order chi connectivity index (χ1) is 11.5. The number of amides is 1. The first-order valence-electron chi connectivity index (χ1n) is 7.71. The van der Waals surface area contributed by atoms with E-state index in [1.165, 1.54) is 29.2 Å². The minimum atomic E-state index is -0.331. The summed E-state index contributed by atoms with van der Waals surface area (Å²) in [7, 11) is 0. The van der Waals surface area contributed by atoms with E-state index in [-0.39, 0.29) is 23.5 Å². The zero-order chi connectivity index (χ0) is 17.5. The second kappa shape index (κ2) is 8.98. The van der Waals surface area contributed by atoms with Crippen LogP contribution in [0.5, 0.6) is 0 Å². The Morgan fingerprint density at radius 3 is 2.75 bits per heavy atom. The van der Waals surface area contributed by atoms with Crippen LogP contribution in [0.2, 0.25) is 0 Å². The van der Waals surface area contributed by atoms with Gasteiger partial charge in [0, 0.05) is 18.7 Å². The van der Waals surface area contributed by atoms with Gasteiger partial charge in [0.1, 0.15) is 5.82 Å². The van der Waals surface area contributed by atoms with Crippen LogP contribution in [-0.4, -0.2) is 27.9 Å². The van der Waals surface area contributed by atoms with Crippen LogP contribution in [0, 0.1) is 11.7 Å². The average Bonchev–Trinajstić information content (AvgIpc) is 2.99. The number of benzene rings is 1. The third-order valence-corrected chi connectivity index (χ3v) is 5.19. The summed E-state index contributed by atoms with van der Waals surface area (Å²) in [4.78, 5) is 12.1. The minimum Gasteiger partial charge on any atom is -0.360 e. The molecule has 5 nitrogen and oxygen atoms in total. The Balaban J connectivity index is 1.82. The molecule has 1 amide bonds. The molecule has 1 aromatic carbocycles. The van der Waals surface area contributed by atoms with Crippen molar-refractivity contribution < 1.29 is 9.18 Å². The average molecular weight is 369 g/mol. The predicted molar refractivity (Wildman–Crippen MR) is 96.8 cm³/mol. The van der Waals surface area contributed by atoms with Crippen molar-refractivity contribution >= 4 is 34.1 Å². The molecule has 24 heavy (non-hydrogen) atoms. The lowest BCUT2D eigenvalue weighted by Gasteiger charge is -2.10. The van der Waals surface area contributed by atoms with Crippen LogP contribution in [0.15, 0.2) is 28.6 Å². The van der Waals surface area contributed by atoms with Gasteiger partial charge in [0.15, 0.2) is 4.34 Å². The monoisotopic (exact) mass is 368 g/mol. The molecule has 0 fully saturated rings. The second-order valence-electron chi connectivity index (χ2n) is 5.72. The molecule has 1 atom stereocenters. The highest BCUT2D eigenvalue weighted by Crippen LogP contribution is 2.29. The van der Waals surface area contributed by atoms with E-state index in [0.717, 1.165) is 16.0 Å². The molecule has 130 valence electrons. The van der Waals surface area contributed by atoms with Gasteiger partial charge in [0.05, 0.1) is 5.25 Å². The normalized spacial score (nSPS) is 12.2. The van der Waals surface area contributed by atoms with E-state index in [1.54, 1.807) is 25.1 Å². The first kappa shape index (κ1) is 18.7. The molecule has 0 spiro atoms. The first-order valence-corrected chi connectivity index (χ1v) is 9.40. The van der Waals surface area contributed by atoms with Gasteiger partial charge in [-0.15, -0.1) is 10.2 Å². The summed E-state index contributed by atoms with van der Waals surface area (Å²) in [6, 6.07) is 6.41. The number of nitrogens with zero attached hydrogens (tertiary/aromatic N) is 2. The lowest BCUT2D eigenvalue weighted by atomic mass is 10.2. The zero-order valence-corrected chi connectivity index (χ0v) is 15.5. The highest BCUT2D eigenvalue weighted by Gasteiger charge is 2.17. The summed E-state index contributed by atoms with van der Waals surface area (Å²) >= 11 is 2.77. The van der Waals surface area contributed by atoms with Crippen LogP contribution in [0.25, 0.3) is 0 Å². The molecule has 0 saturated heterocycles. The van der Waals surface area contributed by atoms with Crippen LogP contribution in [-0.2, 0) is 11.3 Å². The summed E-state index contributed by atoms with van der Waals surface area (Å²) in [5.41, 5.74) is 0.471. The summed E-state index contributed by atoms with van der Waals surface area (Å²) in [5, 5.41) is 14.5. The van der Waals surface area contributed by atoms with E-state index in [4.69, 9.17) is 0 Å². The molecule has 2 rings (SSSR count). The molecule has 1 heterocycles. The molecule has 0 aliphatic heterocycles. The van der Waals surface area contributed by atoms with Crippen molar-refractivity contribution in [3.63, 3.8) is 0 Å². The van der Waals surface area contributed by atoms with Crippen molar-refractivity contribution in [2.24, 2.45) is 5.92 Å². The third kappa shape index (κ3) is 5.76. The van der Waals surface area contributed by atoms with Gasteiger partial charge < -0.3 is 10.6 Å². The number of rotatable bonds is 8. The summed E-state index contributed by atoms with van der Waals surface area (Å²) < 4.78 is 14.3. The minimum absolute atomic E-state index is 0.157. The van der Waals surface area contributed by atoms with Gasteiger partial charge in [-0.3, -0.25) is 4.79 Å². The number of nitrogens with one attached hydrogen (secondary N) is 2. The van der Waals surface area contributed by atoms with Crippen molar-refractivity contribution in [1.82, 2.24) is 15.5 Å². The van der Waals surface area contributed by atoms with Crippen LogP contribution in [0.4, 0.5) is 9.52 Å². The molecule has 0 saturated carbocycles. The van der Waals surface area contributed by atoms with Gasteiger partial charge in [0.2, 0.25) is 11.0 Å². The lowest BCUT2D eigenvalue weighted by Crippen LogP contribution is -2.30. The van der Waals surface area contributed by atoms with E-state index >= 15 is 0 Å². The molecule has 1 unspecified atom stereocenters. The quantitative estimate of drug-likeness (QED) is 0.698. The van der Waals surface area contributed by atoms with Crippen LogP contribution < -0.4 is 10.6 Å². The number of halogens is 1. The molecule has 2 N–H and O–H groups in total. The van der Waals surface area contributed by atoms with Crippen LogP contribution >= 0.6 is 23.1 Å². The SMILES string of the molecule is CC(C)CNc1nnc(SC(C)C(=O)NCc2ccccc2F)s1. The zero-order valence-electron chi connectivity index (χ0n) is 13.9. The highest BCUT2D eigenvalue weighted by molar-refractivity contribution is 8.02. The van der Waals surface area contributed by atoms with E-state index in [0.29, 0.717) is 11.5 Å². The fourth-order valence-corrected chi connectivity index (χ4v) is 3.72. The molecule has 2 aromatic rings. The molecular formula is C16H21FN4OS2. The largest absolute Gasteiger partial charge is 0.360 e. The van der Waals surface area contributed by atoms with Crippen molar-refractivity contribution in [1.29, 1.82) is 0 Å². The summed E-state index contributed by atoms with van der Waals surface area (Å²) in [6.07, 6.45) is 0. The summed E-state index contributed by atoms with van der Waals surface area (Å²) in [5.74, 6) is 0.0475. The fourth-order valence-electron chi connectivity index (χ4n) is 1.79. The van der Waals surface area contributed by atoms with Gasteiger partial charge in [-0.2, -0.15) is 0 Å². The second-order valence-corrected chi connectivity index (χ2v) is 8.28. The van der Waals surface area contributed by atoms with Crippen molar-refractivity contribution in [2.45, 2.75) is 36.9 Å². The Morgan fingerprint density at radius 1 is 1.29 bits per heavy atom. The number of hydrogen-bond donors (Lipinski definition) is 2. The predicted octanol–water partition coefficient (Wildman–Crippen LogP) is 3.54.